The van der Waals surface area contributed by atoms with Gasteiger partial charge in [0.2, 0.25) is 0 Å². The van der Waals surface area contributed by atoms with E-state index in [1.54, 1.807) is 12.1 Å². The second-order valence-corrected chi connectivity index (χ2v) is 5.53. The van der Waals surface area contributed by atoms with Gasteiger partial charge in [-0.1, -0.05) is 0 Å². The number of aryl methyl sites for hydroxylation is 1. The Hall–Kier alpha value is -2.11. The van der Waals surface area contributed by atoms with E-state index >= 15 is 0 Å². The van der Waals surface area contributed by atoms with Crippen molar-refractivity contribution < 1.29 is 14.5 Å². The maximum Gasteiger partial charge on any atom is 0.308 e. The van der Waals surface area contributed by atoms with Gasteiger partial charge < -0.3 is 10.1 Å². The first-order chi connectivity index (χ1) is 9.99. The number of ether oxygens (including phenoxy) is 1. The molecule has 1 aromatic carbocycles. The van der Waals surface area contributed by atoms with Crippen LogP contribution in [0.1, 0.15) is 31.2 Å². The molecule has 0 saturated heterocycles. The van der Waals surface area contributed by atoms with Gasteiger partial charge in [0, 0.05) is 23.9 Å². The Kier molecular flexibility index (Phi) is 4.77. The highest BCUT2D eigenvalue weighted by molar-refractivity contribution is 5.72. The van der Waals surface area contributed by atoms with Gasteiger partial charge in [-0.2, -0.15) is 0 Å². The fourth-order valence-electron chi connectivity index (χ4n) is 2.83. The van der Waals surface area contributed by atoms with Gasteiger partial charge >= 0.3 is 5.97 Å². The van der Waals surface area contributed by atoms with Crippen LogP contribution in [0.3, 0.4) is 0 Å². The monoisotopic (exact) mass is 292 g/mol. The normalized spacial score (nSPS) is 21.6. The second-order valence-electron chi connectivity index (χ2n) is 5.53. The number of carbonyl (C=O) groups is 1. The summed E-state index contributed by atoms with van der Waals surface area (Å²) >= 11 is 0. The van der Waals surface area contributed by atoms with E-state index in [-0.39, 0.29) is 28.5 Å². The van der Waals surface area contributed by atoms with Crippen molar-refractivity contribution in [3.63, 3.8) is 0 Å². The molecule has 1 aliphatic carbocycles. The third-order valence-corrected chi connectivity index (χ3v) is 3.91. The molecule has 0 radical (unpaired) electrons. The number of benzene rings is 1. The van der Waals surface area contributed by atoms with Gasteiger partial charge in [0.1, 0.15) is 0 Å². The lowest BCUT2D eigenvalue weighted by molar-refractivity contribution is -0.384. The predicted molar refractivity (Wildman–Crippen MR) is 79.2 cm³/mol. The number of rotatable bonds is 4. The lowest BCUT2D eigenvalue weighted by Crippen LogP contribution is -2.29. The first kappa shape index (κ1) is 15.3. The van der Waals surface area contributed by atoms with Gasteiger partial charge in [-0.25, -0.2) is 0 Å². The standard InChI is InChI=1S/C15H20N2O4/c1-10-7-13(9-14(8-10)17(19)20)16-12-5-3-11(4-6-12)15(18)21-2/h7-9,11-12,16H,3-6H2,1-2H3. The van der Waals surface area contributed by atoms with Crippen molar-refractivity contribution in [2.45, 2.75) is 38.6 Å². The fourth-order valence-corrected chi connectivity index (χ4v) is 2.83. The number of anilines is 1. The molecule has 0 heterocycles. The van der Waals surface area contributed by atoms with Crippen molar-refractivity contribution in [3.8, 4) is 0 Å². The van der Waals surface area contributed by atoms with Crippen LogP contribution < -0.4 is 5.32 Å². The minimum Gasteiger partial charge on any atom is -0.469 e. The molecule has 0 amide bonds. The summed E-state index contributed by atoms with van der Waals surface area (Å²) < 4.78 is 4.77. The molecule has 2 rings (SSSR count). The molecular formula is C15H20N2O4. The molecule has 114 valence electrons. The van der Waals surface area contributed by atoms with Crippen LogP contribution in [0.15, 0.2) is 18.2 Å². The number of hydrogen-bond donors (Lipinski definition) is 1. The number of carbonyl (C=O) groups excluding carboxylic acids is 1. The zero-order valence-corrected chi connectivity index (χ0v) is 12.3. The van der Waals surface area contributed by atoms with E-state index in [1.165, 1.54) is 7.11 Å². The molecule has 6 heteroatoms. The van der Waals surface area contributed by atoms with Crippen LogP contribution in [0, 0.1) is 23.0 Å². The van der Waals surface area contributed by atoms with Gasteiger partial charge in [-0.05, 0) is 44.2 Å². The summed E-state index contributed by atoms with van der Waals surface area (Å²) in [6.07, 6.45) is 3.31. The van der Waals surface area contributed by atoms with E-state index in [9.17, 15) is 14.9 Å². The minimum atomic E-state index is -0.383. The highest BCUT2D eigenvalue weighted by Gasteiger charge is 2.27. The number of nitrogens with one attached hydrogen (secondary N) is 1. The third-order valence-electron chi connectivity index (χ3n) is 3.91. The van der Waals surface area contributed by atoms with Gasteiger partial charge in [0.05, 0.1) is 18.0 Å². The SMILES string of the molecule is COC(=O)C1CCC(Nc2cc(C)cc([N+](=O)[O-])c2)CC1. The molecule has 0 aliphatic heterocycles. The lowest BCUT2D eigenvalue weighted by Gasteiger charge is -2.28. The highest BCUT2D eigenvalue weighted by atomic mass is 16.6. The Morgan fingerprint density at radius 3 is 2.52 bits per heavy atom. The molecule has 21 heavy (non-hydrogen) atoms. The molecule has 1 N–H and O–H groups in total. The van der Waals surface area contributed by atoms with E-state index < -0.39 is 0 Å². The first-order valence-corrected chi connectivity index (χ1v) is 7.10. The number of nitrogens with zero attached hydrogens (tertiary/aromatic N) is 1. The van der Waals surface area contributed by atoms with Crippen molar-refractivity contribution >= 4 is 17.3 Å². The van der Waals surface area contributed by atoms with Crippen LogP contribution in [0.25, 0.3) is 0 Å². The highest BCUT2D eigenvalue weighted by Crippen LogP contribution is 2.29. The van der Waals surface area contributed by atoms with Crippen LogP contribution in [0.4, 0.5) is 11.4 Å². The molecule has 6 nitrogen and oxygen atoms in total. The molecule has 1 aromatic rings. The largest absolute Gasteiger partial charge is 0.469 e. The van der Waals surface area contributed by atoms with Gasteiger partial charge in [-0.3, -0.25) is 14.9 Å². The zero-order chi connectivity index (χ0) is 15.4. The van der Waals surface area contributed by atoms with Crippen LogP contribution in [0.2, 0.25) is 0 Å². The van der Waals surface area contributed by atoms with E-state index in [0.29, 0.717) is 0 Å². The summed E-state index contributed by atoms with van der Waals surface area (Å²) in [5.74, 6) is -0.153. The van der Waals surface area contributed by atoms with Crippen LogP contribution in [-0.4, -0.2) is 24.0 Å². The van der Waals surface area contributed by atoms with E-state index in [0.717, 1.165) is 36.9 Å². The average Bonchev–Trinajstić information content (AvgIpc) is 2.46. The maximum absolute atomic E-state index is 11.5. The molecule has 1 aliphatic rings. The van der Waals surface area contributed by atoms with Crippen LogP contribution in [-0.2, 0) is 9.53 Å². The van der Waals surface area contributed by atoms with E-state index in [4.69, 9.17) is 4.74 Å². The Balaban J connectivity index is 1.97. The Morgan fingerprint density at radius 2 is 1.95 bits per heavy atom. The zero-order valence-electron chi connectivity index (χ0n) is 12.3. The van der Waals surface area contributed by atoms with Gasteiger partial charge in [0.25, 0.3) is 5.69 Å². The maximum atomic E-state index is 11.5. The minimum absolute atomic E-state index is 0.0140. The van der Waals surface area contributed by atoms with Crippen molar-refractivity contribution in [3.05, 3.63) is 33.9 Å². The summed E-state index contributed by atoms with van der Waals surface area (Å²) in [7, 11) is 1.42. The summed E-state index contributed by atoms with van der Waals surface area (Å²) in [6.45, 7) is 1.84. The molecule has 0 bridgehead atoms. The Labute approximate surface area is 123 Å². The number of esters is 1. The molecule has 0 spiro atoms. The quantitative estimate of drug-likeness (QED) is 0.524. The number of methoxy groups -OCH3 is 1. The Bertz CT molecular complexity index is 536. The van der Waals surface area contributed by atoms with Gasteiger partial charge in [-0.15, -0.1) is 0 Å². The number of non-ortho nitro benzene ring substituents is 1. The van der Waals surface area contributed by atoms with Crippen molar-refractivity contribution in [1.29, 1.82) is 0 Å². The summed E-state index contributed by atoms with van der Waals surface area (Å²) in [4.78, 5) is 22.0. The lowest BCUT2D eigenvalue weighted by atomic mass is 9.86. The topological polar surface area (TPSA) is 81.5 Å². The molecule has 0 aromatic heterocycles. The second kappa shape index (κ2) is 6.56. The molecule has 0 atom stereocenters. The molecular weight excluding hydrogens is 272 g/mol. The first-order valence-electron chi connectivity index (χ1n) is 7.10. The number of hydrogen-bond acceptors (Lipinski definition) is 5. The van der Waals surface area contributed by atoms with Crippen molar-refractivity contribution in [2.75, 3.05) is 12.4 Å². The summed E-state index contributed by atoms with van der Waals surface area (Å²) in [6, 6.07) is 5.25. The summed E-state index contributed by atoms with van der Waals surface area (Å²) in [5.41, 5.74) is 1.72. The smallest absolute Gasteiger partial charge is 0.308 e. The van der Waals surface area contributed by atoms with Gasteiger partial charge in [0.15, 0.2) is 0 Å². The van der Waals surface area contributed by atoms with E-state index in [2.05, 4.69) is 5.32 Å². The van der Waals surface area contributed by atoms with Crippen molar-refractivity contribution in [2.24, 2.45) is 5.92 Å². The number of nitro benzene ring substituents is 1. The van der Waals surface area contributed by atoms with E-state index in [1.807, 2.05) is 13.0 Å². The molecule has 1 saturated carbocycles. The van der Waals surface area contributed by atoms with Crippen LogP contribution >= 0.6 is 0 Å². The predicted octanol–water partition coefficient (Wildman–Crippen LogP) is 3.05. The Morgan fingerprint density at radius 1 is 1.29 bits per heavy atom. The third kappa shape index (κ3) is 3.93. The fraction of sp³-hybridized carbons (Fsp3) is 0.533. The number of nitro groups is 1. The molecule has 1 fully saturated rings. The average molecular weight is 292 g/mol. The van der Waals surface area contributed by atoms with Crippen molar-refractivity contribution in [1.82, 2.24) is 0 Å². The molecule has 0 unspecified atom stereocenters. The summed E-state index contributed by atoms with van der Waals surface area (Å²) in [5, 5.41) is 14.2. The van der Waals surface area contributed by atoms with Crippen LogP contribution in [0.5, 0.6) is 0 Å².